The van der Waals surface area contributed by atoms with Gasteiger partial charge in [-0.05, 0) is 85.2 Å². The summed E-state index contributed by atoms with van der Waals surface area (Å²) in [6, 6.07) is 24.3. The zero-order chi connectivity index (χ0) is 29.9. The molecule has 0 fully saturated rings. The Morgan fingerprint density at radius 2 is 1.17 bits per heavy atom. The molecule has 1 amide bonds. The average Bonchev–Trinajstić information content (AvgIpc) is 3.75. The highest BCUT2D eigenvalue weighted by molar-refractivity contribution is 7.71. The minimum atomic E-state index is -0.147. The number of aromatic nitrogens is 12. The molecule has 3 heterocycles. The largest absolute Gasteiger partial charge is 0.497 e. The quantitative estimate of drug-likeness (QED) is 0.205. The molecule has 3 aromatic heterocycles. The lowest BCUT2D eigenvalue weighted by molar-refractivity contribution is -0.114. The summed E-state index contributed by atoms with van der Waals surface area (Å²) < 4.78 is 10.9. The molecule has 0 aliphatic rings. The van der Waals surface area contributed by atoms with Crippen LogP contribution in [0.3, 0.4) is 0 Å². The summed E-state index contributed by atoms with van der Waals surface area (Å²) in [7, 11) is 1.62. The third kappa shape index (κ3) is 7.71. The Morgan fingerprint density at radius 1 is 0.690 bits per heavy atom. The van der Waals surface area contributed by atoms with E-state index in [1.807, 2.05) is 66.7 Å². The fourth-order valence-corrected chi connectivity index (χ4v) is 3.91. The van der Waals surface area contributed by atoms with E-state index in [0.29, 0.717) is 25.7 Å². The number of benzene rings is 3. The first kappa shape index (κ1) is 29.8. The number of carbonyl (C=O) groups is 1. The Morgan fingerprint density at radius 3 is 1.64 bits per heavy atom. The van der Waals surface area contributed by atoms with Crippen LogP contribution >= 0.6 is 36.7 Å². The molecule has 0 unspecified atom stereocenters. The summed E-state index contributed by atoms with van der Waals surface area (Å²) in [6.07, 6.45) is 0. The molecular formula is C24H23N13O2S3. The van der Waals surface area contributed by atoms with Crippen LogP contribution in [-0.2, 0) is 4.79 Å². The Kier molecular flexibility index (Phi) is 10.2. The second-order valence-corrected chi connectivity index (χ2v) is 9.08. The third-order valence-electron chi connectivity index (χ3n) is 5.22. The highest BCUT2D eigenvalue weighted by Crippen LogP contribution is 2.18. The number of aromatic amines is 3. The second kappa shape index (κ2) is 14.4. The van der Waals surface area contributed by atoms with Gasteiger partial charge in [0.25, 0.3) is 0 Å². The van der Waals surface area contributed by atoms with Crippen LogP contribution in [0, 0.1) is 14.3 Å². The van der Waals surface area contributed by atoms with Gasteiger partial charge >= 0.3 is 0 Å². The molecular weight excluding hydrogens is 599 g/mol. The molecule has 3 aromatic carbocycles. The maximum atomic E-state index is 11.0. The normalized spacial score (nSPS) is 10.0. The van der Waals surface area contributed by atoms with Crippen LogP contribution in [0.4, 0.5) is 5.69 Å². The predicted molar refractivity (Wildman–Crippen MR) is 160 cm³/mol. The zero-order valence-corrected chi connectivity index (χ0v) is 24.5. The molecule has 6 aromatic rings. The van der Waals surface area contributed by atoms with Crippen molar-refractivity contribution in [3.05, 3.63) is 93.2 Å². The molecule has 0 saturated carbocycles. The molecule has 15 nitrogen and oxygen atoms in total. The predicted octanol–water partition coefficient (Wildman–Crippen LogP) is 3.94. The van der Waals surface area contributed by atoms with Gasteiger partial charge in [-0.1, -0.05) is 61.3 Å². The molecule has 6 rings (SSSR count). The zero-order valence-electron chi connectivity index (χ0n) is 22.1. The lowest BCUT2D eigenvalue weighted by atomic mass is 10.2. The van der Waals surface area contributed by atoms with Crippen molar-refractivity contribution in [1.29, 1.82) is 0 Å². The van der Waals surface area contributed by atoms with E-state index < -0.39 is 0 Å². The van der Waals surface area contributed by atoms with Crippen LogP contribution in [0.1, 0.15) is 6.92 Å². The molecule has 0 atom stereocenters. The maximum absolute atomic E-state index is 11.0. The summed E-state index contributed by atoms with van der Waals surface area (Å²) in [6.45, 7) is 1.45. The number of nitrogens with zero attached hydrogens (tertiary/aromatic N) is 9. The molecule has 18 heteroatoms. The number of hydrogen-bond donors (Lipinski definition) is 4. The molecule has 0 radical (unpaired) electrons. The number of methoxy groups -OCH3 is 1. The maximum Gasteiger partial charge on any atom is 0.242 e. The van der Waals surface area contributed by atoms with E-state index >= 15 is 0 Å². The van der Waals surface area contributed by atoms with Gasteiger partial charge < -0.3 is 10.1 Å². The van der Waals surface area contributed by atoms with Gasteiger partial charge in [0.15, 0.2) is 0 Å². The fraction of sp³-hybridized carbons (Fsp3) is 0.0833. The van der Waals surface area contributed by atoms with E-state index in [9.17, 15) is 4.79 Å². The van der Waals surface area contributed by atoms with E-state index in [1.165, 1.54) is 11.6 Å². The third-order valence-corrected chi connectivity index (χ3v) is 6.01. The van der Waals surface area contributed by atoms with E-state index in [0.717, 1.165) is 17.1 Å². The highest BCUT2D eigenvalue weighted by atomic mass is 32.1. The first-order chi connectivity index (χ1) is 20.4. The van der Waals surface area contributed by atoms with Crippen molar-refractivity contribution in [2.75, 3.05) is 12.4 Å². The van der Waals surface area contributed by atoms with Crippen LogP contribution in [0.25, 0.3) is 17.1 Å². The topological polar surface area (TPSA) is 178 Å². The number of H-pyrrole nitrogens is 3. The molecule has 0 bridgehead atoms. The van der Waals surface area contributed by atoms with Crippen molar-refractivity contribution in [1.82, 2.24) is 60.6 Å². The minimum absolute atomic E-state index is 0.147. The lowest BCUT2D eigenvalue weighted by Gasteiger charge is -2.08. The van der Waals surface area contributed by atoms with E-state index in [4.69, 9.17) is 41.4 Å². The van der Waals surface area contributed by atoms with Crippen molar-refractivity contribution < 1.29 is 9.53 Å². The molecule has 214 valence electrons. The van der Waals surface area contributed by atoms with Gasteiger partial charge in [-0.15, -0.1) is 0 Å². The number of amides is 1. The van der Waals surface area contributed by atoms with Crippen LogP contribution in [-0.4, -0.2) is 73.6 Å². The van der Waals surface area contributed by atoms with Crippen LogP contribution in [0.15, 0.2) is 78.9 Å². The van der Waals surface area contributed by atoms with Gasteiger partial charge in [-0.25, -0.2) is 14.0 Å². The number of tetrazole rings is 3. The van der Waals surface area contributed by atoms with Gasteiger partial charge in [-0.3, -0.25) is 4.79 Å². The number of rotatable bonds is 5. The van der Waals surface area contributed by atoms with Crippen LogP contribution < -0.4 is 10.1 Å². The van der Waals surface area contributed by atoms with Crippen LogP contribution in [0.5, 0.6) is 5.75 Å². The molecule has 0 aliphatic carbocycles. The molecule has 0 saturated heterocycles. The summed E-state index contributed by atoms with van der Waals surface area (Å²) in [5.41, 5.74) is 3.16. The SMILES string of the molecule is CC(=O)Nc1ccccc1-n1[nH]nnc1=S.COc1ccc(-n2[nH]nnc2=S)cc1.S=c1nn[nH]n1-c1ccccc1. The van der Waals surface area contributed by atoms with Crippen molar-refractivity contribution in [2.45, 2.75) is 6.92 Å². The standard InChI is InChI=1S/C9H9N5OS.C8H8N4OS.C7H6N4S/c1-6(15)10-7-4-2-3-5-8(7)14-9(16)11-12-13-14;1-13-7-4-2-6(3-5-7)12-8(14)9-10-11-12;12-7-8-9-10-11(7)6-4-2-1-3-5-6/h2-5H,1H3,(H,10,15)(H,11,13,16);2-5H,1H3,(H,9,11,14);1-5H,(H,8,10,12). The monoisotopic (exact) mass is 621 g/mol. The molecule has 4 N–H and O–H groups in total. The van der Waals surface area contributed by atoms with Gasteiger partial charge in [0.05, 0.1) is 29.9 Å². The highest BCUT2D eigenvalue weighted by Gasteiger charge is 2.07. The Labute approximate surface area is 253 Å². The molecule has 42 heavy (non-hydrogen) atoms. The number of anilines is 1. The van der Waals surface area contributed by atoms with E-state index in [-0.39, 0.29) is 5.91 Å². The average molecular weight is 622 g/mol. The number of para-hydroxylation sites is 3. The van der Waals surface area contributed by atoms with Crippen molar-refractivity contribution >= 4 is 48.2 Å². The Bertz CT molecular complexity index is 1900. The smallest absolute Gasteiger partial charge is 0.242 e. The van der Waals surface area contributed by atoms with Gasteiger partial charge in [0.1, 0.15) is 5.75 Å². The van der Waals surface area contributed by atoms with Crippen LogP contribution in [0.2, 0.25) is 0 Å². The number of hydrogen-bond acceptors (Lipinski definition) is 11. The van der Waals surface area contributed by atoms with E-state index in [1.54, 1.807) is 28.6 Å². The first-order valence-corrected chi connectivity index (χ1v) is 13.2. The summed E-state index contributed by atoms with van der Waals surface area (Å²) >= 11 is 14.9. The van der Waals surface area contributed by atoms with Crippen molar-refractivity contribution in [3.63, 3.8) is 0 Å². The molecule has 0 spiro atoms. The fourth-order valence-electron chi connectivity index (χ4n) is 3.36. The van der Waals surface area contributed by atoms with Crippen molar-refractivity contribution in [2.24, 2.45) is 0 Å². The summed E-state index contributed by atoms with van der Waals surface area (Å²) in [4.78, 5) is 11.0. The van der Waals surface area contributed by atoms with E-state index in [2.05, 4.69) is 51.9 Å². The van der Waals surface area contributed by atoms with Crippen molar-refractivity contribution in [3.8, 4) is 22.8 Å². The van der Waals surface area contributed by atoms with Gasteiger partial charge in [0.2, 0.25) is 20.2 Å². The molecule has 0 aliphatic heterocycles. The summed E-state index contributed by atoms with van der Waals surface area (Å²) in [5.74, 6) is 0.652. The Balaban J connectivity index is 0.000000146. The number of nitrogens with one attached hydrogen (secondary N) is 4. The van der Waals surface area contributed by atoms with Gasteiger partial charge in [-0.2, -0.15) is 15.6 Å². The van der Waals surface area contributed by atoms with Gasteiger partial charge in [0, 0.05) is 6.92 Å². The minimum Gasteiger partial charge on any atom is -0.497 e. The number of ether oxygens (including phenoxy) is 1. The Hall–Kier alpha value is -5.20. The summed E-state index contributed by atoms with van der Waals surface area (Å²) in [5, 5.41) is 32.5. The first-order valence-electron chi connectivity index (χ1n) is 11.9. The number of carbonyl (C=O) groups excluding carboxylic acids is 1. The lowest BCUT2D eigenvalue weighted by Crippen LogP contribution is -2.09. The second-order valence-electron chi connectivity index (χ2n) is 7.99.